The normalized spacial score (nSPS) is 11.8. The van der Waals surface area contributed by atoms with E-state index in [2.05, 4.69) is 5.16 Å². The molecule has 0 aliphatic rings. The fraction of sp³-hybridized carbons (Fsp3) is 0.200. The summed E-state index contributed by atoms with van der Waals surface area (Å²) in [6, 6.07) is 20.0. The van der Waals surface area contributed by atoms with E-state index in [0.29, 0.717) is 29.0 Å². The number of hydrogen-bond donors (Lipinski definition) is 3. The molecule has 0 saturated carbocycles. The molecule has 0 spiro atoms. The summed E-state index contributed by atoms with van der Waals surface area (Å²) in [5.74, 6) is 0.303. The lowest BCUT2D eigenvalue weighted by Gasteiger charge is -2.22. The van der Waals surface area contributed by atoms with Crippen molar-refractivity contribution in [3.63, 3.8) is 0 Å². The van der Waals surface area contributed by atoms with Gasteiger partial charge in [-0.15, -0.1) is 0 Å². The number of ether oxygens (including phenoxy) is 1. The fourth-order valence-electron chi connectivity index (χ4n) is 3.51. The van der Waals surface area contributed by atoms with E-state index in [1.54, 1.807) is 65.6 Å². The number of carbonyl (C=O) groups is 1. The fourth-order valence-corrected chi connectivity index (χ4v) is 4.27. The predicted octanol–water partition coefficient (Wildman–Crippen LogP) is 3.90. The number of benzene rings is 3. The smallest absolute Gasteiger partial charge is 0.410 e. The maximum absolute atomic E-state index is 13.0. The molecule has 0 fully saturated rings. The van der Waals surface area contributed by atoms with Crippen molar-refractivity contribution < 1.29 is 23.2 Å². The van der Waals surface area contributed by atoms with Gasteiger partial charge in [0.15, 0.2) is 5.84 Å². The van der Waals surface area contributed by atoms with Gasteiger partial charge in [-0.2, -0.15) is 0 Å². The molecule has 0 aliphatic heterocycles. The van der Waals surface area contributed by atoms with Crippen molar-refractivity contribution >= 4 is 22.0 Å². The zero-order chi connectivity index (χ0) is 25.4. The van der Waals surface area contributed by atoms with E-state index in [-0.39, 0.29) is 17.3 Å². The first-order valence-electron chi connectivity index (χ1n) is 11.0. The minimum Gasteiger partial charge on any atom is -0.410 e. The minimum absolute atomic E-state index is 0.0152. The lowest BCUT2D eigenvalue weighted by Crippen LogP contribution is -2.34. The van der Waals surface area contributed by atoms with Gasteiger partial charge in [0.1, 0.15) is 5.75 Å². The van der Waals surface area contributed by atoms with Gasteiger partial charge < -0.3 is 20.6 Å². The van der Waals surface area contributed by atoms with Crippen LogP contribution in [-0.2, 0) is 16.6 Å². The first-order chi connectivity index (χ1) is 16.7. The summed E-state index contributed by atoms with van der Waals surface area (Å²) >= 11 is 0. The molecule has 1 amide bonds. The SMILES string of the molecule is CCCCN(Cc1cccc(C(N)=NO)c1)C(=O)Oc1ccc(-c2ccccc2S(N)(=O)=O)cc1. The summed E-state index contributed by atoms with van der Waals surface area (Å²) in [5, 5.41) is 17.3. The molecule has 0 aliphatic carbocycles. The third-order valence-electron chi connectivity index (χ3n) is 5.31. The number of primary sulfonamides is 1. The number of amidine groups is 1. The van der Waals surface area contributed by atoms with Crippen molar-refractivity contribution in [1.29, 1.82) is 0 Å². The molecule has 5 N–H and O–H groups in total. The maximum Gasteiger partial charge on any atom is 0.415 e. The molecule has 0 aromatic heterocycles. The number of oxime groups is 1. The summed E-state index contributed by atoms with van der Waals surface area (Å²) in [5.41, 5.74) is 8.11. The van der Waals surface area contributed by atoms with E-state index < -0.39 is 16.1 Å². The molecule has 3 aromatic carbocycles. The predicted molar refractivity (Wildman–Crippen MR) is 134 cm³/mol. The zero-order valence-corrected chi connectivity index (χ0v) is 20.1. The van der Waals surface area contributed by atoms with Gasteiger partial charge in [-0.25, -0.2) is 18.4 Å². The quantitative estimate of drug-likeness (QED) is 0.177. The zero-order valence-electron chi connectivity index (χ0n) is 19.3. The number of nitrogens with zero attached hydrogens (tertiary/aromatic N) is 2. The summed E-state index contributed by atoms with van der Waals surface area (Å²) < 4.78 is 29.4. The first kappa shape index (κ1) is 25.7. The lowest BCUT2D eigenvalue weighted by atomic mass is 10.1. The Morgan fingerprint density at radius 1 is 1.06 bits per heavy atom. The standard InChI is InChI=1S/C25H28N4O5S/c1-2-3-15-29(17-18-7-6-8-20(16-18)24(26)28-31)25(30)34-21-13-11-19(12-14-21)22-9-4-5-10-23(22)35(27,32)33/h4-14,16,31H,2-3,15,17H2,1H3,(H2,26,28)(H2,27,32,33). The minimum atomic E-state index is -3.89. The second kappa shape index (κ2) is 11.5. The summed E-state index contributed by atoms with van der Waals surface area (Å²) in [7, 11) is -3.89. The van der Waals surface area contributed by atoms with E-state index in [9.17, 15) is 13.2 Å². The van der Waals surface area contributed by atoms with E-state index >= 15 is 0 Å². The largest absolute Gasteiger partial charge is 0.415 e. The number of amides is 1. The molecule has 35 heavy (non-hydrogen) atoms. The van der Waals surface area contributed by atoms with E-state index in [1.165, 1.54) is 6.07 Å². The van der Waals surface area contributed by atoms with Crippen LogP contribution in [-0.4, -0.2) is 37.0 Å². The highest BCUT2D eigenvalue weighted by atomic mass is 32.2. The van der Waals surface area contributed by atoms with Gasteiger partial charge >= 0.3 is 6.09 Å². The van der Waals surface area contributed by atoms with Crippen molar-refractivity contribution in [2.75, 3.05) is 6.54 Å². The van der Waals surface area contributed by atoms with E-state index in [4.69, 9.17) is 20.8 Å². The maximum atomic E-state index is 13.0. The summed E-state index contributed by atoms with van der Waals surface area (Å²) in [6.45, 7) is 2.80. The summed E-state index contributed by atoms with van der Waals surface area (Å²) in [4.78, 5) is 14.6. The van der Waals surface area contributed by atoms with Gasteiger partial charge in [0.2, 0.25) is 10.0 Å². The van der Waals surface area contributed by atoms with Gasteiger partial charge in [0.05, 0.1) is 4.90 Å². The van der Waals surface area contributed by atoms with Gasteiger partial charge in [0, 0.05) is 24.2 Å². The Labute approximate surface area is 204 Å². The average Bonchev–Trinajstić information content (AvgIpc) is 2.86. The van der Waals surface area contributed by atoms with Crippen LogP contribution in [0.25, 0.3) is 11.1 Å². The lowest BCUT2D eigenvalue weighted by molar-refractivity contribution is 0.148. The molecule has 184 valence electrons. The molecule has 0 atom stereocenters. The second-order valence-corrected chi connectivity index (χ2v) is 9.42. The first-order valence-corrected chi connectivity index (χ1v) is 12.5. The molecule has 3 rings (SSSR count). The number of rotatable bonds is 9. The van der Waals surface area contributed by atoms with Crippen molar-refractivity contribution in [2.45, 2.75) is 31.2 Å². The van der Waals surface area contributed by atoms with E-state index in [0.717, 1.165) is 18.4 Å². The van der Waals surface area contributed by atoms with Crippen LogP contribution in [0.4, 0.5) is 4.79 Å². The van der Waals surface area contributed by atoms with Gasteiger partial charge in [-0.1, -0.05) is 67.0 Å². The van der Waals surface area contributed by atoms with Gasteiger partial charge in [0.25, 0.3) is 0 Å². The Balaban J connectivity index is 1.78. The second-order valence-electron chi connectivity index (χ2n) is 7.89. The molecule has 3 aromatic rings. The topological polar surface area (TPSA) is 148 Å². The van der Waals surface area contributed by atoms with Crippen molar-refractivity contribution in [2.24, 2.45) is 16.0 Å². The van der Waals surface area contributed by atoms with Crippen molar-refractivity contribution in [3.8, 4) is 16.9 Å². The van der Waals surface area contributed by atoms with Crippen molar-refractivity contribution in [3.05, 3.63) is 83.9 Å². The van der Waals surface area contributed by atoms with Crippen molar-refractivity contribution in [1.82, 2.24) is 4.90 Å². The van der Waals surface area contributed by atoms with Gasteiger partial charge in [-0.3, -0.25) is 0 Å². The molecule has 0 bridgehead atoms. The van der Waals surface area contributed by atoms with Crippen LogP contribution in [0.2, 0.25) is 0 Å². The van der Waals surface area contributed by atoms with Crippen LogP contribution in [0.3, 0.4) is 0 Å². The van der Waals surface area contributed by atoms with Crippen LogP contribution in [0.1, 0.15) is 30.9 Å². The molecule has 0 saturated heterocycles. The van der Waals surface area contributed by atoms with Crippen LogP contribution in [0.15, 0.2) is 82.8 Å². The molecular weight excluding hydrogens is 468 g/mol. The number of hydrogen-bond acceptors (Lipinski definition) is 6. The highest BCUT2D eigenvalue weighted by Crippen LogP contribution is 2.28. The monoisotopic (exact) mass is 496 g/mol. The third-order valence-corrected chi connectivity index (χ3v) is 6.28. The number of nitrogens with two attached hydrogens (primary N) is 2. The number of unbranched alkanes of at least 4 members (excludes halogenated alkanes) is 1. The Bertz CT molecular complexity index is 1310. The molecule has 0 unspecified atom stereocenters. The number of sulfonamides is 1. The molecule has 0 heterocycles. The Morgan fingerprint density at radius 3 is 2.43 bits per heavy atom. The average molecular weight is 497 g/mol. The summed E-state index contributed by atoms with van der Waals surface area (Å²) in [6.07, 6.45) is 1.16. The van der Waals surface area contributed by atoms with Crippen LogP contribution in [0, 0.1) is 0 Å². The third kappa shape index (κ3) is 6.81. The Kier molecular flexibility index (Phi) is 8.45. The van der Waals surface area contributed by atoms with E-state index in [1.807, 2.05) is 13.0 Å². The van der Waals surface area contributed by atoms with Crippen LogP contribution < -0.4 is 15.6 Å². The van der Waals surface area contributed by atoms with Crippen LogP contribution in [0.5, 0.6) is 5.75 Å². The molecule has 0 radical (unpaired) electrons. The highest BCUT2D eigenvalue weighted by Gasteiger charge is 2.18. The van der Waals surface area contributed by atoms with Gasteiger partial charge in [-0.05, 0) is 41.8 Å². The number of carbonyl (C=O) groups excluding carboxylic acids is 1. The molecule has 9 nitrogen and oxygen atoms in total. The Morgan fingerprint density at radius 2 is 1.77 bits per heavy atom. The highest BCUT2D eigenvalue weighted by molar-refractivity contribution is 7.89. The molecular formula is C25H28N4O5S. The van der Waals surface area contributed by atoms with Crippen LogP contribution >= 0.6 is 0 Å². The Hall–Kier alpha value is -3.89. The molecule has 10 heteroatoms.